The predicted molar refractivity (Wildman–Crippen MR) is 81.5 cm³/mol. The van der Waals surface area contributed by atoms with Crippen molar-refractivity contribution in [2.45, 2.75) is 51.3 Å². The van der Waals surface area contributed by atoms with Crippen LogP contribution >= 0.6 is 0 Å². The van der Waals surface area contributed by atoms with Crippen LogP contribution in [0.25, 0.3) is 0 Å². The van der Waals surface area contributed by atoms with Crippen molar-refractivity contribution in [2.24, 2.45) is 10.9 Å². The smallest absolute Gasteiger partial charge is 0.411 e. The van der Waals surface area contributed by atoms with Crippen LogP contribution in [0.2, 0.25) is 0 Å². The molecule has 1 aromatic rings. The number of hydrogen-bond donors (Lipinski definition) is 2. The van der Waals surface area contributed by atoms with E-state index in [2.05, 4.69) is 10.1 Å². The Hall–Kier alpha value is -2.31. The molecule has 0 aliphatic heterocycles. The summed E-state index contributed by atoms with van der Waals surface area (Å²) in [6.07, 6.45) is 4.49. The Labute approximate surface area is 129 Å². The lowest BCUT2D eigenvalue weighted by atomic mass is 10.1. The molecule has 1 aliphatic rings. The van der Waals surface area contributed by atoms with Crippen LogP contribution in [-0.4, -0.2) is 38.7 Å². The summed E-state index contributed by atoms with van der Waals surface area (Å²) in [6.45, 7) is 5.41. The van der Waals surface area contributed by atoms with Crippen LogP contribution in [0.4, 0.5) is 4.79 Å². The highest BCUT2D eigenvalue weighted by atomic mass is 16.6. The van der Waals surface area contributed by atoms with Crippen LogP contribution in [0, 0.1) is 0 Å². The molecule has 1 saturated carbocycles. The summed E-state index contributed by atoms with van der Waals surface area (Å²) in [5.41, 5.74) is 5.90. The average Bonchev–Trinajstić information content (AvgIpc) is 3.27. The number of amides is 1. The molecule has 7 nitrogen and oxygen atoms in total. The number of carbonyl (C=O) groups excluding carboxylic acids is 1. The van der Waals surface area contributed by atoms with Crippen molar-refractivity contribution in [3.63, 3.8) is 0 Å². The Balaban J connectivity index is 2.36. The van der Waals surface area contributed by atoms with E-state index in [4.69, 9.17) is 15.7 Å². The summed E-state index contributed by atoms with van der Waals surface area (Å²) < 4.78 is 5.47. The zero-order chi connectivity index (χ0) is 16.3. The topological polar surface area (TPSA) is 101 Å². The molecular formula is C15H22N4O3. The maximum Gasteiger partial charge on any atom is 0.411 e. The Morgan fingerprint density at radius 1 is 1.55 bits per heavy atom. The number of ether oxygens (including phenoxy) is 1. The van der Waals surface area contributed by atoms with Gasteiger partial charge in [0.1, 0.15) is 11.6 Å². The van der Waals surface area contributed by atoms with Crippen LogP contribution in [0.1, 0.15) is 45.2 Å². The minimum Gasteiger partial charge on any atom is -0.444 e. The lowest BCUT2D eigenvalue weighted by Crippen LogP contribution is -2.45. The molecule has 0 bridgehead atoms. The second-order valence-corrected chi connectivity index (χ2v) is 6.33. The third-order valence-corrected chi connectivity index (χ3v) is 3.22. The summed E-state index contributed by atoms with van der Waals surface area (Å²) in [5, 5.41) is 12.2. The minimum atomic E-state index is -0.693. The third kappa shape index (κ3) is 3.87. The van der Waals surface area contributed by atoms with E-state index in [1.807, 2.05) is 0 Å². The summed E-state index contributed by atoms with van der Waals surface area (Å²) in [7, 11) is 0. The van der Waals surface area contributed by atoms with Gasteiger partial charge in [0.15, 0.2) is 5.84 Å². The average molecular weight is 306 g/mol. The highest BCUT2D eigenvalue weighted by molar-refractivity contribution is 5.89. The molecule has 120 valence electrons. The van der Waals surface area contributed by atoms with Crippen molar-refractivity contribution in [1.82, 2.24) is 9.88 Å². The molecule has 1 amide bonds. The van der Waals surface area contributed by atoms with Gasteiger partial charge in [-0.15, -0.1) is 0 Å². The van der Waals surface area contributed by atoms with Crippen molar-refractivity contribution >= 4 is 11.9 Å². The number of rotatable bonds is 4. The van der Waals surface area contributed by atoms with Gasteiger partial charge in [0, 0.05) is 24.0 Å². The first kappa shape index (κ1) is 16.1. The van der Waals surface area contributed by atoms with E-state index >= 15 is 0 Å². The summed E-state index contributed by atoms with van der Waals surface area (Å²) in [6, 6.07) is 2.87. The molecule has 3 N–H and O–H groups in total. The normalized spacial score (nSPS) is 17.0. The number of oxime groups is 1. The van der Waals surface area contributed by atoms with Gasteiger partial charge in [-0.1, -0.05) is 11.2 Å². The molecule has 1 heterocycles. The van der Waals surface area contributed by atoms with E-state index in [0.29, 0.717) is 5.56 Å². The highest BCUT2D eigenvalue weighted by Crippen LogP contribution is 2.35. The van der Waals surface area contributed by atoms with E-state index in [1.54, 1.807) is 45.3 Å². The maximum atomic E-state index is 12.6. The predicted octanol–water partition coefficient (Wildman–Crippen LogP) is 2.27. The Morgan fingerprint density at radius 3 is 2.68 bits per heavy atom. The van der Waals surface area contributed by atoms with Crippen LogP contribution in [0.3, 0.4) is 0 Å². The molecule has 1 atom stereocenters. The van der Waals surface area contributed by atoms with Crippen molar-refractivity contribution in [3.05, 3.63) is 30.1 Å². The number of pyridine rings is 1. The van der Waals surface area contributed by atoms with E-state index in [-0.39, 0.29) is 11.9 Å². The zero-order valence-electron chi connectivity index (χ0n) is 13.1. The van der Waals surface area contributed by atoms with Gasteiger partial charge in [0.05, 0.1) is 0 Å². The standard InChI is InChI=1S/C15H22N4O3/c1-15(2,3)22-14(20)19(11-6-7-11)12(13(16)18-21)10-5-4-8-17-9-10/h4-5,8-9,11-12,21H,6-7H2,1-3H3,(H2,16,18)/t12-/m0/s1. The Morgan fingerprint density at radius 2 is 2.23 bits per heavy atom. The van der Waals surface area contributed by atoms with E-state index < -0.39 is 17.7 Å². The van der Waals surface area contributed by atoms with Gasteiger partial charge in [0.2, 0.25) is 0 Å². The van der Waals surface area contributed by atoms with Gasteiger partial charge >= 0.3 is 6.09 Å². The van der Waals surface area contributed by atoms with Crippen molar-refractivity contribution in [1.29, 1.82) is 0 Å². The first-order valence-corrected chi connectivity index (χ1v) is 7.22. The largest absolute Gasteiger partial charge is 0.444 e. The highest BCUT2D eigenvalue weighted by Gasteiger charge is 2.42. The first-order chi connectivity index (χ1) is 10.3. The number of aromatic nitrogens is 1. The van der Waals surface area contributed by atoms with E-state index in [0.717, 1.165) is 12.8 Å². The zero-order valence-corrected chi connectivity index (χ0v) is 13.1. The molecule has 1 aromatic heterocycles. The van der Waals surface area contributed by atoms with Gasteiger partial charge in [-0.25, -0.2) is 4.79 Å². The van der Waals surface area contributed by atoms with Gasteiger partial charge in [-0.2, -0.15) is 0 Å². The fraction of sp³-hybridized carbons (Fsp3) is 0.533. The monoisotopic (exact) mass is 306 g/mol. The molecule has 0 aromatic carbocycles. The molecular weight excluding hydrogens is 284 g/mol. The molecule has 1 fully saturated rings. The van der Waals surface area contributed by atoms with Crippen LogP contribution in [0.15, 0.2) is 29.7 Å². The van der Waals surface area contributed by atoms with Crippen molar-refractivity contribution in [3.8, 4) is 0 Å². The molecule has 0 radical (unpaired) electrons. The minimum absolute atomic E-state index is 0.0281. The van der Waals surface area contributed by atoms with Crippen LogP contribution in [0.5, 0.6) is 0 Å². The second kappa shape index (κ2) is 6.21. The molecule has 22 heavy (non-hydrogen) atoms. The summed E-state index contributed by atoms with van der Waals surface area (Å²) in [5.74, 6) is -0.0641. The number of amidine groups is 1. The van der Waals surface area contributed by atoms with Crippen LogP contribution in [-0.2, 0) is 4.74 Å². The van der Waals surface area contributed by atoms with Crippen LogP contribution < -0.4 is 5.73 Å². The molecule has 0 unspecified atom stereocenters. The maximum absolute atomic E-state index is 12.6. The number of nitrogens with two attached hydrogens (primary N) is 1. The SMILES string of the molecule is CC(C)(C)OC(=O)N(C1CC1)[C@H](C(N)=NO)c1cccnc1. The lowest BCUT2D eigenvalue weighted by molar-refractivity contribution is 0.0189. The van der Waals surface area contributed by atoms with E-state index in [1.165, 1.54) is 4.90 Å². The van der Waals surface area contributed by atoms with Gasteiger partial charge in [-0.3, -0.25) is 9.88 Å². The Bertz CT molecular complexity index is 550. The molecule has 7 heteroatoms. The van der Waals surface area contributed by atoms with Gasteiger partial charge in [0.25, 0.3) is 0 Å². The number of hydrogen-bond acceptors (Lipinski definition) is 5. The van der Waals surface area contributed by atoms with Gasteiger partial charge < -0.3 is 15.7 Å². The summed E-state index contributed by atoms with van der Waals surface area (Å²) in [4.78, 5) is 18.2. The van der Waals surface area contributed by atoms with Crippen molar-refractivity contribution < 1.29 is 14.7 Å². The van der Waals surface area contributed by atoms with Crippen molar-refractivity contribution in [2.75, 3.05) is 0 Å². The number of carbonyl (C=O) groups is 1. The lowest BCUT2D eigenvalue weighted by Gasteiger charge is -2.33. The van der Waals surface area contributed by atoms with E-state index in [9.17, 15) is 4.79 Å². The first-order valence-electron chi connectivity index (χ1n) is 7.22. The van der Waals surface area contributed by atoms with Gasteiger partial charge in [-0.05, 0) is 39.7 Å². The fourth-order valence-electron chi connectivity index (χ4n) is 2.20. The second-order valence-electron chi connectivity index (χ2n) is 6.33. The molecule has 1 aliphatic carbocycles. The molecule has 0 spiro atoms. The molecule has 0 saturated heterocycles. The quantitative estimate of drug-likeness (QED) is 0.384. The fourth-order valence-corrected chi connectivity index (χ4v) is 2.20. The Kier molecular flexibility index (Phi) is 4.54. The summed E-state index contributed by atoms with van der Waals surface area (Å²) >= 11 is 0. The molecule has 2 rings (SSSR count). The third-order valence-electron chi connectivity index (χ3n) is 3.22. The number of nitrogens with zero attached hydrogens (tertiary/aromatic N) is 3.